The molecule has 2 aliphatic heterocycles. The number of aliphatic carboxylic acids is 1. The van der Waals surface area contributed by atoms with Gasteiger partial charge in [-0.2, -0.15) is 0 Å². The summed E-state index contributed by atoms with van der Waals surface area (Å²) in [6.45, 7) is 0.398. The number of likely N-dealkylation sites (N-methyl/N-ethyl adjacent to an activating group) is 1. The number of halogens is 1. The molecule has 0 aliphatic carbocycles. The number of nitrogens with zero attached hydrogens (tertiary/aromatic N) is 4. The number of ether oxygens (including phenoxy) is 1. The molecule has 4 amide bonds. The fraction of sp³-hybridized carbons (Fsp3) is 0.407. The van der Waals surface area contributed by atoms with Gasteiger partial charge in [0.1, 0.15) is 23.8 Å². The van der Waals surface area contributed by atoms with Crippen LogP contribution in [0.4, 0.5) is 9.18 Å². The number of carboxylic acid groups (broad SMARTS) is 1. The van der Waals surface area contributed by atoms with Gasteiger partial charge >= 0.3 is 12.0 Å². The predicted molar refractivity (Wildman–Crippen MR) is 138 cm³/mol. The zero-order chi connectivity index (χ0) is 28.1. The van der Waals surface area contributed by atoms with Crippen LogP contribution >= 0.6 is 0 Å². The van der Waals surface area contributed by atoms with E-state index in [1.54, 1.807) is 43.3 Å². The molecule has 2 N–H and O–H groups in total. The van der Waals surface area contributed by atoms with Gasteiger partial charge in [0.05, 0.1) is 20.2 Å². The fourth-order valence-electron chi connectivity index (χ4n) is 4.96. The highest BCUT2D eigenvalue weighted by Crippen LogP contribution is 2.28. The number of piperazine rings is 1. The Labute approximate surface area is 225 Å². The molecule has 2 aromatic carbocycles. The van der Waals surface area contributed by atoms with E-state index in [1.807, 2.05) is 12.1 Å². The Morgan fingerprint density at radius 1 is 1.08 bits per heavy atom. The number of carbonyl (C=O) groups excluding carboxylic acids is 3. The van der Waals surface area contributed by atoms with Gasteiger partial charge in [0.25, 0.3) is 0 Å². The van der Waals surface area contributed by atoms with Crippen LogP contribution in [0.3, 0.4) is 0 Å². The van der Waals surface area contributed by atoms with Gasteiger partial charge in [-0.15, -0.1) is 0 Å². The van der Waals surface area contributed by atoms with E-state index >= 15 is 0 Å². The summed E-state index contributed by atoms with van der Waals surface area (Å²) >= 11 is 0. The van der Waals surface area contributed by atoms with Crippen LogP contribution in [0.5, 0.6) is 5.75 Å². The van der Waals surface area contributed by atoms with Crippen LogP contribution in [0.1, 0.15) is 24.0 Å². The average molecular weight is 542 g/mol. The van der Waals surface area contributed by atoms with Crippen LogP contribution in [0.2, 0.25) is 0 Å². The third-order valence-corrected chi connectivity index (χ3v) is 6.97. The van der Waals surface area contributed by atoms with E-state index in [-0.39, 0.29) is 56.7 Å². The van der Waals surface area contributed by atoms with Crippen LogP contribution in [0.15, 0.2) is 48.5 Å². The molecule has 2 aromatic rings. The molecule has 0 bridgehead atoms. The number of hydrogen-bond donors (Lipinski definition) is 2. The number of methoxy groups -OCH3 is 1. The number of amides is 4. The van der Waals surface area contributed by atoms with Crippen molar-refractivity contribution < 1.29 is 33.4 Å². The van der Waals surface area contributed by atoms with Gasteiger partial charge in [-0.05, 0) is 48.2 Å². The lowest BCUT2D eigenvalue weighted by atomic mass is 10.0. The van der Waals surface area contributed by atoms with E-state index in [4.69, 9.17) is 4.74 Å². The largest absolute Gasteiger partial charge is 0.497 e. The van der Waals surface area contributed by atoms with Crippen LogP contribution in [0, 0.1) is 5.82 Å². The van der Waals surface area contributed by atoms with Crippen molar-refractivity contribution in [2.45, 2.75) is 38.0 Å². The molecule has 2 saturated heterocycles. The lowest BCUT2D eigenvalue weighted by molar-refractivity contribution is -0.187. The molecule has 0 saturated carbocycles. The van der Waals surface area contributed by atoms with Crippen molar-refractivity contribution in [2.24, 2.45) is 0 Å². The zero-order valence-corrected chi connectivity index (χ0v) is 21.9. The van der Waals surface area contributed by atoms with Gasteiger partial charge in [-0.1, -0.05) is 24.3 Å². The highest BCUT2D eigenvalue weighted by Gasteiger charge is 2.50. The first-order valence-corrected chi connectivity index (χ1v) is 12.6. The first-order chi connectivity index (χ1) is 18.7. The number of carbonyl (C=O) groups is 4. The SMILES string of the molecule is COc1ccc(CNC(=O)N2[C@H]3CN(CCc4ccc(F)cc4)C(=O)[C@H](CCC(=O)O)N3C(=O)CN2C)cc1. The maximum atomic E-state index is 13.5. The third kappa shape index (κ3) is 6.45. The summed E-state index contributed by atoms with van der Waals surface area (Å²) < 4.78 is 18.5. The van der Waals surface area contributed by atoms with Gasteiger partial charge < -0.3 is 25.0 Å². The minimum atomic E-state index is -1.08. The topological polar surface area (TPSA) is 123 Å². The summed E-state index contributed by atoms with van der Waals surface area (Å²) in [5.74, 6) is -1.49. The second-order valence-electron chi connectivity index (χ2n) is 9.56. The molecule has 39 heavy (non-hydrogen) atoms. The third-order valence-electron chi connectivity index (χ3n) is 6.97. The Morgan fingerprint density at radius 3 is 2.38 bits per heavy atom. The zero-order valence-electron chi connectivity index (χ0n) is 21.9. The summed E-state index contributed by atoms with van der Waals surface area (Å²) in [5, 5.41) is 15.1. The van der Waals surface area contributed by atoms with Gasteiger partial charge in [-0.25, -0.2) is 19.2 Å². The molecular weight excluding hydrogens is 509 g/mol. The molecule has 4 rings (SSSR count). The second kappa shape index (κ2) is 12.1. The maximum Gasteiger partial charge on any atom is 0.334 e. The summed E-state index contributed by atoms with van der Waals surface area (Å²) in [4.78, 5) is 54.3. The van der Waals surface area contributed by atoms with Crippen molar-refractivity contribution in [3.63, 3.8) is 0 Å². The van der Waals surface area contributed by atoms with E-state index in [9.17, 15) is 28.7 Å². The second-order valence-corrected chi connectivity index (χ2v) is 9.56. The smallest absolute Gasteiger partial charge is 0.334 e. The lowest BCUT2D eigenvalue weighted by Crippen LogP contribution is -2.76. The first-order valence-electron chi connectivity index (χ1n) is 12.6. The van der Waals surface area contributed by atoms with Gasteiger partial charge in [-0.3, -0.25) is 14.4 Å². The molecule has 0 spiro atoms. The van der Waals surface area contributed by atoms with Crippen LogP contribution in [-0.4, -0.2) is 94.7 Å². The Balaban J connectivity index is 1.55. The van der Waals surface area contributed by atoms with Crippen molar-refractivity contribution in [3.05, 3.63) is 65.5 Å². The molecule has 2 fully saturated rings. The van der Waals surface area contributed by atoms with E-state index in [0.29, 0.717) is 12.2 Å². The highest BCUT2D eigenvalue weighted by molar-refractivity contribution is 5.91. The van der Waals surface area contributed by atoms with Crippen LogP contribution < -0.4 is 10.1 Å². The maximum absolute atomic E-state index is 13.5. The van der Waals surface area contributed by atoms with E-state index < -0.39 is 24.2 Å². The molecular formula is C27H32FN5O6. The number of hydrazine groups is 1. The molecule has 11 nitrogen and oxygen atoms in total. The van der Waals surface area contributed by atoms with Crippen molar-refractivity contribution in [2.75, 3.05) is 33.8 Å². The average Bonchev–Trinajstić information content (AvgIpc) is 2.91. The number of urea groups is 1. The summed E-state index contributed by atoms with van der Waals surface area (Å²) in [5.41, 5.74) is 1.66. The van der Waals surface area contributed by atoms with Gasteiger partial charge in [0, 0.05) is 26.6 Å². The Hall–Kier alpha value is -4.19. The van der Waals surface area contributed by atoms with Gasteiger partial charge in [0.2, 0.25) is 11.8 Å². The van der Waals surface area contributed by atoms with Crippen molar-refractivity contribution in [1.29, 1.82) is 0 Å². The Morgan fingerprint density at radius 2 is 1.74 bits per heavy atom. The fourth-order valence-corrected chi connectivity index (χ4v) is 4.96. The van der Waals surface area contributed by atoms with E-state index in [1.165, 1.54) is 27.1 Å². The standard InChI is InChI=1S/C27H32FN5O6/c1-30-17-24(34)32-22(11-12-25(35)36)26(37)31(14-13-18-3-7-20(28)8-4-18)16-23(32)33(30)27(38)29-15-19-5-9-21(39-2)10-6-19/h3-10,22-23H,11-17H2,1-2H3,(H,29,38)(H,35,36)/t22-,23-/m0/s1. The number of fused-ring (bicyclic) bond motifs is 1. The van der Waals surface area contributed by atoms with Crippen molar-refractivity contribution in [1.82, 2.24) is 25.1 Å². The Kier molecular flexibility index (Phi) is 8.65. The Bertz CT molecular complexity index is 1210. The van der Waals surface area contributed by atoms with Crippen LogP contribution in [-0.2, 0) is 27.3 Å². The summed E-state index contributed by atoms with van der Waals surface area (Å²) in [6.07, 6.45) is -0.776. The molecule has 12 heteroatoms. The molecule has 2 aliphatic rings. The molecule has 2 atom stereocenters. The number of hydrogen-bond acceptors (Lipinski definition) is 6. The number of nitrogens with one attached hydrogen (secondary N) is 1. The highest BCUT2D eigenvalue weighted by atomic mass is 19.1. The van der Waals surface area contributed by atoms with E-state index in [2.05, 4.69) is 5.32 Å². The number of carboxylic acids is 1. The minimum Gasteiger partial charge on any atom is -0.497 e. The summed E-state index contributed by atoms with van der Waals surface area (Å²) in [7, 11) is 3.19. The molecule has 208 valence electrons. The number of rotatable bonds is 9. The molecule has 0 radical (unpaired) electrons. The summed E-state index contributed by atoms with van der Waals surface area (Å²) in [6, 6.07) is 11.7. The lowest BCUT2D eigenvalue weighted by Gasteiger charge is -2.54. The molecule has 0 aromatic heterocycles. The first kappa shape index (κ1) is 27.8. The molecule has 2 heterocycles. The molecule has 0 unspecified atom stereocenters. The quantitative estimate of drug-likeness (QED) is 0.495. The van der Waals surface area contributed by atoms with E-state index in [0.717, 1.165) is 11.1 Å². The van der Waals surface area contributed by atoms with Crippen molar-refractivity contribution in [3.8, 4) is 5.75 Å². The predicted octanol–water partition coefficient (Wildman–Crippen LogP) is 1.68. The van der Waals surface area contributed by atoms with Crippen molar-refractivity contribution >= 4 is 23.8 Å². The number of benzene rings is 2. The monoisotopic (exact) mass is 541 g/mol. The van der Waals surface area contributed by atoms with Gasteiger partial charge in [0.15, 0.2) is 0 Å². The normalized spacial score (nSPS) is 19.6. The minimum absolute atomic E-state index is 0.0512. The van der Waals surface area contributed by atoms with Crippen LogP contribution in [0.25, 0.3) is 0 Å².